The second-order valence-electron chi connectivity index (χ2n) is 3.75. The van der Waals surface area contributed by atoms with Crippen molar-refractivity contribution in [3.63, 3.8) is 0 Å². The monoisotopic (exact) mass is 296 g/mol. The molecule has 2 rings (SSSR count). The number of hydrogen-bond donors (Lipinski definition) is 1. The van der Waals surface area contributed by atoms with E-state index < -0.39 is 0 Å². The van der Waals surface area contributed by atoms with E-state index in [0.717, 1.165) is 21.5 Å². The summed E-state index contributed by atoms with van der Waals surface area (Å²) in [6, 6.07) is 8.26. The summed E-state index contributed by atoms with van der Waals surface area (Å²) in [7, 11) is 0. The van der Waals surface area contributed by atoms with Gasteiger partial charge >= 0.3 is 0 Å². The fourth-order valence-electron chi connectivity index (χ4n) is 1.59. The molecule has 2 nitrogen and oxygen atoms in total. The van der Waals surface area contributed by atoms with Crippen LogP contribution in [0.15, 0.2) is 34.2 Å². The first-order chi connectivity index (χ1) is 7.65. The van der Waals surface area contributed by atoms with E-state index in [1.54, 1.807) is 11.3 Å². The van der Waals surface area contributed by atoms with Crippen molar-refractivity contribution in [1.82, 2.24) is 4.98 Å². The highest BCUT2D eigenvalue weighted by molar-refractivity contribution is 9.11. The van der Waals surface area contributed by atoms with Crippen LogP contribution >= 0.6 is 27.3 Å². The molecular weight excluding hydrogens is 284 g/mol. The first-order valence-electron chi connectivity index (χ1n) is 5.07. The summed E-state index contributed by atoms with van der Waals surface area (Å²) in [4.78, 5) is 5.47. The van der Waals surface area contributed by atoms with Gasteiger partial charge in [-0.1, -0.05) is 0 Å². The lowest BCUT2D eigenvalue weighted by Crippen LogP contribution is -2.12. The molecule has 2 N–H and O–H groups in total. The van der Waals surface area contributed by atoms with Crippen molar-refractivity contribution in [2.75, 3.05) is 0 Å². The standard InChI is InChI=1S/C12H13BrN2S/c1-8-6-9(4-5-15-8)11(14)7-10-2-3-12(13)16-10/h2-6,11H,7,14H2,1H3. The first-order valence-corrected chi connectivity index (χ1v) is 6.68. The number of halogens is 1. The summed E-state index contributed by atoms with van der Waals surface area (Å²) in [5.41, 5.74) is 8.33. The van der Waals surface area contributed by atoms with Crippen LogP contribution in [0, 0.1) is 6.92 Å². The van der Waals surface area contributed by atoms with Gasteiger partial charge in [-0.3, -0.25) is 4.98 Å². The molecule has 84 valence electrons. The number of nitrogens with two attached hydrogens (primary N) is 1. The van der Waals surface area contributed by atoms with Crippen LogP contribution in [-0.4, -0.2) is 4.98 Å². The van der Waals surface area contributed by atoms with Gasteiger partial charge in [0.05, 0.1) is 3.79 Å². The molecule has 0 amide bonds. The fourth-order valence-corrected chi connectivity index (χ4v) is 3.14. The zero-order valence-electron chi connectivity index (χ0n) is 8.98. The maximum Gasteiger partial charge on any atom is 0.0701 e. The van der Waals surface area contributed by atoms with E-state index >= 15 is 0 Å². The van der Waals surface area contributed by atoms with E-state index in [0.29, 0.717) is 0 Å². The van der Waals surface area contributed by atoms with Crippen LogP contribution in [0.2, 0.25) is 0 Å². The van der Waals surface area contributed by atoms with Gasteiger partial charge in [-0.15, -0.1) is 11.3 Å². The van der Waals surface area contributed by atoms with Gasteiger partial charge in [0.25, 0.3) is 0 Å². The van der Waals surface area contributed by atoms with E-state index in [9.17, 15) is 0 Å². The molecule has 2 aromatic heterocycles. The number of rotatable bonds is 3. The van der Waals surface area contributed by atoms with Crippen LogP contribution in [0.5, 0.6) is 0 Å². The second kappa shape index (κ2) is 5.08. The van der Waals surface area contributed by atoms with E-state index in [-0.39, 0.29) is 6.04 Å². The van der Waals surface area contributed by atoms with Crippen LogP contribution in [0.3, 0.4) is 0 Å². The van der Waals surface area contributed by atoms with E-state index in [4.69, 9.17) is 5.73 Å². The van der Waals surface area contributed by atoms with E-state index in [1.807, 2.05) is 25.3 Å². The molecule has 1 unspecified atom stereocenters. The zero-order valence-corrected chi connectivity index (χ0v) is 11.4. The quantitative estimate of drug-likeness (QED) is 0.942. The average molecular weight is 297 g/mol. The lowest BCUT2D eigenvalue weighted by molar-refractivity contribution is 0.727. The Hall–Kier alpha value is -0.710. The average Bonchev–Trinajstić information content (AvgIpc) is 2.64. The number of thiophene rings is 1. The summed E-state index contributed by atoms with van der Waals surface area (Å²) in [6.45, 7) is 1.98. The van der Waals surface area contributed by atoms with Crippen molar-refractivity contribution < 1.29 is 0 Å². The van der Waals surface area contributed by atoms with Gasteiger partial charge < -0.3 is 5.73 Å². The molecule has 0 saturated carbocycles. The Bertz CT molecular complexity index is 481. The smallest absolute Gasteiger partial charge is 0.0701 e. The topological polar surface area (TPSA) is 38.9 Å². The highest BCUT2D eigenvalue weighted by atomic mass is 79.9. The Morgan fingerprint density at radius 1 is 1.44 bits per heavy atom. The summed E-state index contributed by atoms with van der Waals surface area (Å²) in [5.74, 6) is 0. The van der Waals surface area contributed by atoms with Crippen molar-refractivity contribution in [2.24, 2.45) is 5.73 Å². The van der Waals surface area contributed by atoms with Gasteiger partial charge in [-0.2, -0.15) is 0 Å². The molecule has 2 aromatic rings. The number of hydrogen-bond acceptors (Lipinski definition) is 3. The molecule has 0 spiro atoms. The SMILES string of the molecule is Cc1cc(C(N)Cc2ccc(Br)s2)ccn1. The summed E-state index contributed by atoms with van der Waals surface area (Å²) in [6.07, 6.45) is 2.69. The minimum absolute atomic E-state index is 0.0484. The number of aryl methyl sites for hydroxylation is 1. The third-order valence-corrected chi connectivity index (χ3v) is 4.04. The molecule has 16 heavy (non-hydrogen) atoms. The van der Waals surface area contributed by atoms with Crippen LogP contribution in [0.4, 0.5) is 0 Å². The highest BCUT2D eigenvalue weighted by Crippen LogP contribution is 2.25. The molecule has 0 aliphatic heterocycles. The molecule has 0 fully saturated rings. The van der Waals surface area contributed by atoms with Crippen LogP contribution in [0.25, 0.3) is 0 Å². The molecule has 0 bridgehead atoms. The van der Waals surface area contributed by atoms with Gasteiger partial charge in [0, 0.05) is 29.2 Å². The lowest BCUT2D eigenvalue weighted by atomic mass is 10.0. The first kappa shape index (κ1) is 11.8. The van der Waals surface area contributed by atoms with Crippen LogP contribution in [0.1, 0.15) is 22.2 Å². The normalized spacial score (nSPS) is 12.7. The molecule has 1 atom stereocenters. The molecule has 0 aromatic carbocycles. The molecule has 0 saturated heterocycles. The van der Waals surface area contributed by atoms with Gasteiger partial charge in [-0.05, 0) is 52.7 Å². The molecule has 0 aliphatic carbocycles. The molecular formula is C12H13BrN2S. The van der Waals surface area contributed by atoms with E-state index in [2.05, 4.69) is 33.0 Å². The number of aromatic nitrogens is 1. The van der Waals surface area contributed by atoms with Crippen molar-refractivity contribution in [1.29, 1.82) is 0 Å². The Balaban J connectivity index is 2.11. The lowest BCUT2D eigenvalue weighted by Gasteiger charge is -2.10. The number of pyridine rings is 1. The van der Waals surface area contributed by atoms with Crippen molar-refractivity contribution in [2.45, 2.75) is 19.4 Å². The van der Waals surface area contributed by atoms with Gasteiger partial charge in [0.2, 0.25) is 0 Å². The predicted molar refractivity (Wildman–Crippen MR) is 71.6 cm³/mol. The Kier molecular flexibility index (Phi) is 3.74. The molecule has 2 heterocycles. The predicted octanol–water partition coefficient (Wildman–Crippen LogP) is 3.46. The largest absolute Gasteiger partial charge is 0.324 e. The van der Waals surface area contributed by atoms with Crippen LogP contribution in [-0.2, 0) is 6.42 Å². The van der Waals surface area contributed by atoms with Crippen LogP contribution < -0.4 is 5.73 Å². The molecule has 0 aliphatic rings. The fraction of sp³-hybridized carbons (Fsp3) is 0.250. The van der Waals surface area contributed by atoms with Gasteiger partial charge in [0.15, 0.2) is 0 Å². The van der Waals surface area contributed by atoms with Gasteiger partial charge in [-0.25, -0.2) is 0 Å². The molecule has 4 heteroatoms. The highest BCUT2D eigenvalue weighted by Gasteiger charge is 2.08. The van der Waals surface area contributed by atoms with Crippen molar-refractivity contribution in [3.8, 4) is 0 Å². The minimum Gasteiger partial charge on any atom is -0.324 e. The maximum absolute atomic E-state index is 6.17. The Morgan fingerprint density at radius 2 is 2.25 bits per heavy atom. The summed E-state index contributed by atoms with van der Waals surface area (Å²) >= 11 is 5.19. The zero-order chi connectivity index (χ0) is 11.5. The third-order valence-electron chi connectivity index (χ3n) is 2.40. The van der Waals surface area contributed by atoms with Crippen molar-refractivity contribution in [3.05, 3.63) is 50.4 Å². The maximum atomic E-state index is 6.17. The van der Waals surface area contributed by atoms with Gasteiger partial charge in [0.1, 0.15) is 0 Å². The summed E-state index contributed by atoms with van der Waals surface area (Å²) in [5, 5.41) is 0. The second-order valence-corrected chi connectivity index (χ2v) is 6.29. The Labute approximate surface area is 108 Å². The van der Waals surface area contributed by atoms with Crippen molar-refractivity contribution >= 4 is 27.3 Å². The Morgan fingerprint density at radius 3 is 2.88 bits per heavy atom. The molecule has 0 radical (unpaired) electrons. The van der Waals surface area contributed by atoms with E-state index in [1.165, 1.54) is 4.88 Å². The summed E-state index contributed by atoms with van der Waals surface area (Å²) < 4.78 is 1.15. The third kappa shape index (κ3) is 2.90. The minimum atomic E-state index is 0.0484. The number of nitrogens with zero attached hydrogens (tertiary/aromatic N) is 1.